The lowest BCUT2D eigenvalue weighted by Crippen LogP contribution is -2.45. The third kappa shape index (κ3) is 52.9. The maximum Gasteiger partial charge on any atom is 0.420 e. The molecule has 784 valence electrons. The van der Waals surface area contributed by atoms with Gasteiger partial charge in [0.1, 0.15) is 5.57 Å². The van der Waals surface area contributed by atoms with Gasteiger partial charge < -0.3 is 9.47 Å². The largest absolute Gasteiger partial charge is 0.420 e. The smallest absolute Gasteiger partial charge is 0.387 e. The summed E-state index contributed by atoms with van der Waals surface area (Å²) >= 11 is 0. The Morgan fingerprint density at radius 1 is 0.374 bits per heavy atom. The van der Waals surface area contributed by atoms with E-state index in [1.54, 1.807) is 92.9 Å². The number of para-hydroxylation sites is 3. The summed E-state index contributed by atoms with van der Waals surface area (Å²) < 4.78 is 75.7. The quantitative estimate of drug-likeness (QED) is 0.0317. The zero-order valence-electron chi connectivity index (χ0n) is 84.5. The van der Waals surface area contributed by atoms with Crippen molar-refractivity contribution in [2.24, 2.45) is 5.41 Å². The van der Waals surface area contributed by atoms with Crippen LogP contribution in [-0.2, 0) is 115 Å². The van der Waals surface area contributed by atoms with E-state index in [9.17, 15) is 132 Å². The number of ketones is 2. The van der Waals surface area contributed by atoms with Crippen molar-refractivity contribution < 1.29 is 141 Å². The number of nitrogens with zero attached hydrogens (tertiary/aromatic N) is 10. The summed E-state index contributed by atoms with van der Waals surface area (Å²) in [6, 6.07) is 38.3. The Bertz CT molecular complexity index is 5340. The lowest BCUT2D eigenvalue weighted by atomic mass is 10.0. The standard InChI is InChI=1S/3C10H7NO2.2C8H11NO2.C8H8.C7H9NO2.C7H7NO2.C6H7NO2.C5H5NO2.C5H4O2.C5H12O.C5H12.C4H2F6.C4H2O3.C3H3N.C2H6/c3*12-9-6-7-10(13)11(9)8-4-2-1-3-5-8;1-8(2,3)9-6(10)4-5-7(9)11;1-2-3-6-9-7(10)4-5-8(9)11;1-2-8-6-4-3-5-7-8;2*1-2-5-8-6(9)3-4-7(8)10;1-2-7-5(8)3-4-6(7)9;1-6-4(7)2-3-5(6)8;6-4-1-2-5(7)3-4;1-5(2,3)6-4;1-5(2,3)4;1-2(3(5,6)7)4(8,9)10;5-3-1-2-4(6)7-3;1-2-3-4;1-2/h3*1-7H;4-5H,1-3H3;4-5H,2-3,6H2,1H3;2-7H,1H2;3-4H,2,5H2,1H3;2-4H,1,5H2;3-4H,2H2,1H3;2-3H,1H3;1-2H,3H2;1-4H3;1-4H3;1H2;1-2H;2H,1H2;1-2H3. The molecule has 34 nitrogen and oxygen atoms in total. The van der Waals surface area contributed by atoms with E-state index in [4.69, 9.17) is 10.00 Å². The number of likely N-dealkylation sites (N-methyl/N-ethyl adjacent to an activating group) is 2. The third-order valence-corrected chi connectivity index (χ3v) is 17.2. The number of hydrogen-bond donors (Lipinski definition) is 0. The van der Waals surface area contributed by atoms with Crippen molar-refractivity contribution in [1.29, 1.82) is 5.26 Å². The second-order valence-electron chi connectivity index (χ2n) is 32.7. The Hall–Kier alpha value is -17.3. The number of hydrogen-bond acceptors (Lipinski definition) is 25. The van der Waals surface area contributed by atoms with E-state index in [-0.39, 0.29) is 130 Å². The normalized spacial score (nSPS) is 15.3. The van der Waals surface area contributed by atoms with Gasteiger partial charge in [-0.2, -0.15) is 31.6 Å². The van der Waals surface area contributed by atoms with Crippen molar-refractivity contribution in [3.8, 4) is 6.07 Å². The molecule has 1 aliphatic carbocycles. The van der Waals surface area contributed by atoms with E-state index in [0.717, 1.165) is 55.9 Å². The van der Waals surface area contributed by atoms with Crippen molar-refractivity contribution >= 4 is 153 Å². The first-order chi connectivity index (χ1) is 68.7. The minimum Gasteiger partial charge on any atom is -0.387 e. The van der Waals surface area contributed by atoms with Gasteiger partial charge in [-0.15, -0.1) is 6.58 Å². The minimum absolute atomic E-state index is 0.0417. The van der Waals surface area contributed by atoms with Gasteiger partial charge in [0, 0.05) is 173 Å². The highest BCUT2D eigenvalue weighted by atomic mass is 19.4. The van der Waals surface area contributed by atoms with E-state index in [0.29, 0.717) is 48.7 Å². The average molecular weight is 2040 g/mol. The van der Waals surface area contributed by atoms with Gasteiger partial charge in [0.25, 0.3) is 106 Å². The topological polar surface area (TPSA) is 447 Å². The molecule has 10 aliphatic heterocycles. The average Bonchev–Trinajstić information content (AvgIpc) is 1.72. The van der Waals surface area contributed by atoms with Gasteiger partial charge in [0.2, 0.25) is 0 Å². The molecule has 10 heterocycles. The Morgan fingerprint density at radius 3 is 0.796 bits per heavy atom. The van der Waals surface area contributed by atoms with Crippen LogP contribution in [0, 0.1) is 16.7 Å². The molecule has 4 aromatic rings. The molecule has 0 atom stereocenters. The van der Waals surface area contributed by atoms with Gasteiger partial charge >= 0.3 is 24.3 Å². The number of benzene rings is 4. The Kier molecular flexibility index (Phi) is 60.3. The summed E-state index contributed by atoms with van der Waals surface area (Å²) in [6.07, 6.45) is 24.4. The number of amides is 18. The van der Waals surface area contributed by atoms with Gasteiger partial charge in [-0.1, -0.05) is 179 Å². The number of imide groups is 9. The Labute approximate surface area is 849 Å². The molecule has 0 fully saturated rings. The van der Waals surface area contributed by atoms with Gasteiger partial charge in [-0.05, 0) is 121 Å². The highest BCUT2D eigenvalue weighted by molar-refractivity contribution is 6.30. The van der Waals surface area contributed by atoms with Crippen LogP contribution in [0.3, 0.4) is 0 Å². The maximum absolute atomic E-state index is 11.2. The number of halogens is 6. The van der Waals surface area contributed by atoms with Crippen molar-refractivity contribution in [2.45, 2.75) is 153 Å². The lowest BCUT2D eigenvalue weighted by molar-refractivity contribution is -0.171. The minimum atomic E-state index is -5.38. The van der Waals surface area contributed by atoms with Gasteiger partial charge in [0.15, 0.2) is 11.6 Å². The molecule has 0 aromatic heterocycles. The number of carbonyl (C=O) groups is 22. The second kappa shape index (κ2) is 67.3. The van der Waals surface area contributed by atoms with Crippen LogP contribution < -0.4 is 14.7 Å². The van der Waals surface area contributed by atoms with Crippen molar-refractivity contribution in [3.05, 3.63) is 305 Å². The number of allylic oxidation sites excluding steroid dienone is 4. The molecule has 11 aliphatic rings. The molecule has 0 unspecified atom stereocenters. The summed E-state index contributed by atoms with van der Waals surface area (Å²) in [6.45, 7) is 43.9. The molecule has 40 heteroatoms. The number of methoxy groups -OCH3 is 1. The fourth-order valence-electron chi connectivity index (χ4n) is 10.1. The molecule has 4 aromatic carbocycles. The third-order valence-electron chi connectivity index (χ3n) is 17.2. The molecule has 0 bridgehead atoms. The Balaban J connectivity index is 0. The number of anilines is 3. The summed E-state index contributed by atoms with van der Waals surface area (Å²) in [5.74, 6) is -5.59. The van der Waals surface area contributed by atoms with Gasteiger partial charge in [-0.3, -0.25) is 125 Å². The molecule has 18 amide bonds. The summed E-state index contributed by atoms with van der Waals surface area (Å²) in [7, 11) is 3.16. The molecule has 0 spiro atoms. The zero-order chi connectivity index (χ0) is 113. The number of alkyl halides is 6. The fraction of sp³-hybridized carbons (Fsp3) is 0.280. The highest BCUT2D eigenvalue weighted by Crippen LogP contribution is 2.37. The number of ether oxygens (including phenoxy) is 2. The zero-order valence-corrected chi connectivity index (χ0v) is 84.5. The van der Waals surface area contributed by atoms with E-state index < -0.39 is 35.4 Å². The molecule has 0 radical (unpaired) electrons. The summed E-state index contributed by atoms with van der Waals surface area (Å²) in [5.41, 5.74) is 0.470. The van der Waals surface area contributed by atoms with Crippen LogP contribution in [0.2, 0.25) is 0 Å². The SMILES string of the molecule is C=C(C(F)(F)F)C(F)(F)F.C=CC#N.C=CCN1C(=O)C=CC1=O.C=Cc1ccccc1.CC.CC(C)(C)C.CC(C)(C)N1C(=O)C=CC1=O.CCCCN1C(=O)C=CC1=O.CCCN1C(=O)C=CC1=O.CCN1C(=O)C=CC1=O.CN1C(=O)C=CC1=O.COC(C)(C)C.O=C1C=CC(=O)C1.O=C1C=CC(=O)N1c1ccccc1.O=C1C=CC(=O)N1c1ccccc1.O=C1C=CC(=O)N1c1ccccc1.O=C1C=CC(=O)O1. The fourth-order valence-corrected chi connectivity index (χ4v) is 10.1. The van der Waals surface area contributed by atoms with Gasteiger partial charge in [0.05, 0.1) is 35.2 Å². The number of carbonyl (C=O) groups excluding carboxylic acids is 22. The van der Waals surface area contributed by atoms with E-state index in [1.807, 2.05) is 130 Å². The van der Waals surface area contributed by atoms with Crippen LogP contribution in [0.4, 0.5) is 43.4 Å². The first kappa shape index (κ1) is 132. The van der Waals surface area contributed by atoms with Crippen LogP contribution in [-0.4, -0.2) is 223 Å². The van der Waals surface area contributed by atoms with Crippen LogP contribution in [0.1, 0.15) is 135 Å². The predicted molar refractivity (Wildman–Crippen MR) is 537 cm³/mol. The summed E-state index contributed by atoms with van der Waals surface area (Å²) in [4.78, 5) is 247. The van der Waals surface area contributed by atoms with E-state index >= 15 is 0 Å². The molecular formula is C107H120F6N10O24. The molecule has 0 saturated carbocycles. The van der Waals surface area contributed by atoms with Crippen LogP contribution in [0.25, 0.3) is 6.08 Å². The molecular weight excluding hydrogens is 1920 g/mol. The Morgan fingerprint density at radius 2 is 0.626 bits per heavy atom. The summed E-state index contributed by atoms with van der Waals surface area (Å²) in [5, 5.41) is 7.51. The number of cyclic esters (lactones) is 2. The second-order valence-corrected chi connectivity index (χ2v) is 32.7. The number of unbranched alkanes of at least 4 members (excludes halogenated alkanes) is 1. The van der Waals surface area contributed by atoms with Crippen LogP contribution >= 0.6 is 0 Å². The molecule has 15 rings (SSSR count). The van der Waals surface area contributed by atoms with E-state index in [2.05, 4.69) is 52.2 Å². The number of nitriles is 1. The molecule has 0 saturated heterocycles. The lowest BCUT2D eigenvalue weighted by Gasteiger charge is -2.29. The van der Waals surface area contributed by atoms with Crippen molar-refractivity contribution in [1.82, 2.24) is 29.4 Å². The van der Waals surface area contributed by atoms with Crippen LogP contribution in [0.5, 0.6) is 0 Å². The molecule has 0 N–H and O–H groups in total. The van der Waals surface area contributed by atoms with Crippen LogP contribution in [0.15, 0.2) is 299 Å². The first-order valence-electron chi connectivity index (χ1n) is 44.6. The number of esters is 2. The predicted octanol–water partition coefficient (Wildman–Crippen LogP) is 14.6. The number of rotatable bonds is 12. The monoisotopic (exact) mass is 2040 g/mol. The van der Waals surface area contributed by atoms with Gasteiger partial charge in [-0.25, -0.2) is 24.3 Å². The maximum atomic E-state index is 11.2. The highest BCUT2D eigenvalue weighted by Gasteiger charge is 2.49. The first-order valence-corrected chi connectivity index (χ1v) is 44.6. The van der Waals surface area contributed by atoms with Crippen molar-refractivity contribution in [2.75, 3.05) is 55.0 Å². The van der Waals surface area contributed by atoms with Crippen molar-refractivity contribution in [3.63, 3.8) is 0 Å². The van der Waals surface area contributed by atoms with E-state index in [1.165, 1.54) is 166 Å². The molecule has 147 heavy (non-hydrogen) atoms.